The average Bonchev–Trinajstić information content (AvgIpc) is 3.08. The van der Waals surface area contributed by atoms with E-state index >= 15 is 0 Å². The van der Waals surface area contributed by atoms with Crippen LogP contribution >= 0.6 is 38.5 Å². The molecule has 0 fully saturated rings. The quantitative estimate of drug-likeness (QED) is 0.456. The Bertz CT molecular complexity index is 828. The van der Waals surface area contributed by atoms with E-state index in [0.29, 0.717) is 0 Å². The highest BCUT2D eigenvalue weighted by Crippen LogP contribution is 2.51. The minimum atomic E-state index is -2.82. The Morgan fingerprint density at radius 3 is 2.88 bits per heavy atom. The molecule has 0 spiro atoms. The molecule has 0 saturated heterocycles. The summed E-state index contributed by atoms with van der Waals surface area (Å²) in [6, 6.07) is 7.10. The van der Waals surface area contributed by atoms with Gasteiger partial charge in [0, 0.05) is 31.2 Å². The molecule has 124 valence electrons. The monoisotopic (exact) mass is 503 g/mol. The topological polar surface area (TPSA) is 21.6 Å². The molecule has 2 atom stereocenters. The number of para-hydroxylation sites is 1. The lowest BCUT2D eigenvalue weighted by Gasteiger charge is -2.24. The number of ether oxygens (including phenoxy) is 1. The molecule has 1 aliphatic heterocycles. The summed E-state index contributed by atoms with van der Waals surface area (Å²) in [5.74, 6) is 0.464. The second-order valence-electron chi connectivity index (χ2n) is 5.93. The maximum atomic E-state index is 12.7. The fraction of sp³-hybridized carbons (Fsp3) is 0.278. The van der Waals surface area contributed by atoms with Gasteiger partial charge in [-0.15, -0.1) is 0 Å². The molecule has 0 amide bonds. The molecule has 0 aromatic heterocycles. The van der Waals surface area contributed by atoms with E-state index in [1.165, 1.54) is 5.57 Å². The summed E-state index contributed by atoms with van der Waals surface area (Å²) < 4.78 is 32.4. The molecule has 24 heavy (non-hydrogen) atoms. The highest BCUT2D eigenvalue weighted by Gasteiger charge is 2.39. The number of fused-ring (bicyclic) bond motifs is 2. The predicted molar refractivity (Wildman–Crippen MR) is 102 cm³/mol. The van der Waals surface area contributed by atoms with Crippen molar-refractivity contribution in [3.05, 3.63) is 61.3 Å². The maximum Gasteiger partial charge on any atom is 0.387 e. The second kappa shape index (κ2) is 6.37. The van der Waals surface area contributed by atoms with Crippen LogP contribution in [0.5, 0.6) is 5.75 Å². The predicted octanol–water partition coefficient (Wildman–Crippen LogP) is 6.10. The first-order valence-electron chi connectivity index (χ1n) is 7.64. The zero-order valence-corrected chi connectivity index (χ0v) is 16.2. The fourth-order valence-electron chi connectivity index (χ4n) is 3.70. The number of hydrogen-bond acceptors (Lipinski definition) is 2. The SMILES string of the molecule is FC(F)Oc1ccccc1[C@H]1CCC2=C1C1C=C(Br)C(I)=CC1=N2. The molecule has 0 N–H and O–H groups in total. The van der Waals surface area contributed by atoms with Gasteiger partial charge in [0.25, 0.3) is 0 Å². The Morgan fingerprint density at radius 2 is 2.08 bits per heavy atom. The molecule has 4 rings (SSSR count). The Kier molecular flexibility index (Phi) is 4.36. The van der Waals surface area contributed by atoms with Gasteiger partial charge in [-0.05, 0) is 69.1 Å². The number of aliphatic imine (C=N–C) groups is 1. The van der Waals surface area contributed by atoms with Crippen LogP contribution in [0.3, 0.4) is 0 Å². The van der Waals surface area contributed by atoms with E-state index < -0.39 is 6.61 Å². The number of alkyl halides is 2. The van der Waals surface area contributed by atoms with E-state index in [2.05, 4.69) is 50.7 Å². The van der Waals surface area contributed by atoms with E-state index in [-0.39, 0.29) is 17.6 Å². The van der Waals surface area contributed by atoms with Crippen LogP contribution in [0.15, 0.2) is 60.7 Å². The van der Waals surface area contributed by atoms with Gasteiger partial charge in [0.2, 0.25) is 0 Å². The van der Waals surface area contributed by atoms with Crippen LogP contribution in [-0.4, -0.2) is 12.3 Å². The molecule has 0 saturated carbocycles. The number of allylic oxidation sites excluding steroid dienone is 6. The molecule has 1 heterocycles. The smallest absolute Gasteiger partial charge is 0.387 e. The number of nitrogens with zero attached hydrogens (tertiary/aromatic N) is 1. The van der Waals surface area contributed by atoms with Crippen LogP contribution in [-0.2, 0) is 0 Å². The van der Waals surface area contributed by atoms with Crippen molar-refractivity contribution in [1.82, 2.24) is 0 Å². The molecule has 0 radical (unpaired) electrons. The van der Waals surface area contributed by atoms with Crippen molar-refractivity contribution in [1.29, 1.82) is 0 Å². The van der Waals surface area contributed by atoms with E-state index in [1.807, 2.05) is 12.1 Å². The standard InChI is InChI=1S/C18H13BrF2INO/c19-12-7-11-15(8-13(12)22)23-14-6-5-10(17(11)14)9-3-1-2-4-16(9)24-18(20)21/h1-4,7-8,10-11,18H,5-6H2/t10-,11?/m1/s1. The van der Waals surface area contributed by atoms with Crippen LogP contribution in [0.1, 0.15) is 24.3 Å². The number of halogens is 4. The third-order valence-corrected chi connectivity index (χ3v) is 6.95. The summed E-state index contributed by atoms with van der Waals surface area (Å²) in [6.45, 7) is -2.82. The lowest BCUT2D eigenvalue weighted by molar-refractivity contribution is -0.0505. The molecule has 3 aliphatic rings. The van der Waals surface area contributed by atoms with Crippen LogP contribution in [0.4, 0.5) is 8.78 Å². The average molecular weight is 504 g/mol. The van der Waals surface area contributed by atoms with Gasteiger partial charge < -0.3 is 4.74 Å². The largest absolute Gasteiger partial charge is 0.435 e. The molecular weight excluding hydrogens is 491 g/mol. The van der Waals surface area contributed by atoms with Crippen molar-refractivity contribution in [2.45, 2.75) is 25.4 Å². The lowest BCUT2D eigenvalue weighted by atomic mass is 9.82. The summed E-state index contributed by atoms with van der Waals surface area (Å²) in [7, 11) is 0. The van der Waals surface area contributed by atoms with E-state index in [4.69, 9.17) is 9.73 Å². The first-order chi connectivity index (χ1) is 11.5. The summed E-state index contributed by atoms with van der Waals surface area (Å²) in [5, 5.41) is 0. The number of hydrogen-bond donors (Lipinski definition) is 0. The normalized spacial score (nSPS) is 25.3. The summed E-state index contributed by atoms with van der Waals surface area (Å²) in [5.41, 5.74) is 4.20. The molecule has 1 aromatic rings. The maximum absolute atomic E-state index is 12.7. The second-order valence-corrected chi connectivity index (χ2v) is 7.95. The van der Waals surface area contributed by atoms with Gasteiger partial charge in [0.1, 0.15) is 5.75 Å². The van der Waals surface area contributed by atoms with E-state index in [1.54, 1.807) is 12.1 Å². The van der Waals surface area contributed by atoms with E-state index in [9.17, 15) is 8.78 Å². The number of rotatable bonds is 3. The molecule has 2 nitrogen and oxygen atoms in total. The van der Waals surface area contributed by atoms with Crippen molar-refractivity contribution in [3.63, 3.8) is 0 Å². The van der Waals surface area contributed by atoms with E-state index in [0.717, 1.165) is 37.9 Å². The van der Waals surface area contributed by atoms with Gasteiger partial charge in [-0.1, -0.05) is 24.3 Å². The third-order valence-electron chi connectivity index (χ3n) is 4.62. The molecule has 1 aromatic carbocycles. The van der Waals surface area contributed by atoms with Crippen molar-refractivity contribution < 1.29 is 13.5 Å². The highest BCUT2D eigenvalue weighted by atomic mass is 127. The Hall–Kier alpha value is -1.02. The fourth-order valence-corrected chi connectivity index (χ4v) is 4.58. The molecule has 6 heteroatoms. The van der Waals surface area contributed by atoms with Crippen molar-refractivity contribution in [2.75, 3.05) is 0 Å². The summed E-state index contributed by atoms with van der Waals surface area (Å²) in [6.07, 6.45) is 6.01. The Morgan fingerprint density at radius 1 is 1.29 bits per heavy atom. The van der Waals surface area contributed by atoms with Crippen molar-refractivity contribution in [3.8, 4) is 5.75 Å². The Labute approximate surface area is 160 Å². The summed E-state index contributed by atoms with van der Waals surface area (Å²) >= 11 is 5.88. The molecule has 2 aliphatic carbocycles. The van der Waals surface area contributed by atoms with Gasteiger partial charge in [-0.3, -0.25) is 4.99 Å². The van der Waals surface area contributed by atoms with Crippen LogP contribution in [0.2, 0.25) is 0 Å². The van der Waals surface area contributed by atoms with Gasteiger partial charge in [-0.2, -0.15) is 8.78 Å². The molecular formula is C18H13BrF2INO. The molecule has 0 bridgehead atoms. The third kappa shape index (κ3) is 2.77. The van der Waals surface area contributed by atoms with Crippen LogP contribution in [0, 0.1) is 5.92 Å². The first-order valence-corrected chi connectivity index (χ1v) is 9.52. The van der Waals surface area contributed by atoms with Gasteiger partial charge >= 0.3 is 6.61 Å². The minimum absolute atomic E-state index is 0.0712. The van der Waals surface area contributed by atoms with Crippen LogP contribution < -0.4 is 4.74 Å². The Balaban J connectivity index is 1.72. The zero-order chi connectivity index (χ0) is 16.8. The summed E-state index contributed by atoms with van der Waals surface area (Å²) in [4.78, 5) is 4.78. The van der Waals surface area contributed by atoms with Crippen LogP contribution in [0.25, 0.3) is 0 Å². The number of benzene rings is 1. The minimum Gasteiger partial charge on any atom is -0.435 e. The first kappa shape index (κ1) is 16.4. The van der Waals surface area contributed by atoms with Crippen molar-refractivity contribution in [2.24, 2.45) is 10.9 Å². The zero-order valence-electron chi connectivity index (χ0n) is 12.5. The van der Waals surface area contributed by atoms with Gasteiger partial charge in [0.05, 0.1) is 5.71 Å². The van der Waals surface area contributed by atoms with Gasteiger partial charge in [-0.25, -0.2) is 0 Å². The highest BCUT2D eigenvalue weighted by molar-refractivity contribution is 14.1. The van der Waals surface area contributed by atoms with Gasteiger partial charge in [0.15, 0.2) is 0 Å². The van der Waals surface area contributed by atoms with Crippen molar-refractivity contribution >= 4 is 44.2 Å². The lowest BCUT2D eigenvalue weighted by Crippen LogP contribution is -2.17. The molecule has 1 unspecified atom stereocenters.